The Morgan fingerprint density at radius 3 is 2.66 bits per heavy atom. The van der Waals surface area contributed by atoms with E-state index in [0.717, 1.165) is 11.0 Å². The second-order valence-corrected chi connectivity index (χ2v) is 9.88. The SMILES string of the molecule is C=C(C)COc1ccc2c(C)c(CC(=O)NC3CCS(=O)(=O)C3)c(=O)oc2c1C. The van der Waals surface area contributed by atoms with E-state index in [1.807, 2.05) is 13.8 Å². The molecule has 29 heavy (non-hydrogen) atoms. The Kier molecular flexibility index (Phi) is 5.84. The van der Waals surface area contributed by atoms with Gasteiger partial charge in [-0.1, -0.05) is 6.58 Å². The average Bonchev–Trinajstić information content (AvgIpc) is 2.96. The zero-order chi connectivity index (χ0) is 21.3. The van der Waals surface area contributed by atoms with Crippen LogP contribution in [0.25, 0.3) is 11.0 Å². The second kappa shape index (κ2) is 8.02. The van der Waals surface area contributed by atoms with Crippen molar-refractivity contribution in [2.45, 2.75) is 39.7 Å². The van der Waals surface area contributed by atoms with Gasteiger partial charge in [0.1, 0.15) is 17.9 Å². The van der Waals surface area contributed by atoms with E-state index in [0.29, 0.717) is 35.5 Å². The van der Waals surface area contributed by atoms with Crippen molar-refractivity contribution in [3.63, 3.8) is 0 Å². The highest BCUT2D eigenvalue weighted by molar-refractivity contribution is 7.91. The highest BCUT2D eigenvalue weighted by atomic mass is 32.2. The average molecular weight is 419 g/mol. The molecule has 1 saturated heterocycles. The third kappa shape index (κ3) is 4.70. The molecule has 1 amide bonds. The summed E-state index contributed by atoms with van der Waals surface area (Å²) in [5.41, 5.74) is 2.36. The molecular weight excluding hydrogens is 394 g/mol. The van der Waals surface area contributed by atoms with Crippen molar-refractivity contribution < 1.29 is 22.4 Å². The second-order valence-electron chi connectivity index (χ2n) is 7.65. The molecule has 1 fully saturated rings. The van der Waals surface area contributed by atoms with Crippen LogP contribution < -0.4 is 15.7 Å². The van der Waals surface area contributed by atoms with Crippen molar-refractivity contribution in [1.29, 1.82) is 0 Å². The molecule has 0 saturated carbocycles. The van der Waals surface area contributed by atoms with Gasteiger partial charge in [-0.15, -0.1) is 0 Å². The van der Waals surface area contributed by atoms with Crippen molar-refractivity contribution >= 4 is 26.7 Å². The minimum Gasteiger partial charge on any atom is -0.489 e. The highest BCUT2D eigenvalue weighted by Gasteiger charge is 2.29. The normalized spacial score (nSPS) is 18.0. The summed E-state index contributed by atoms with van der Waals surface area (Å²) >= 11 is 0. The van der Waals surface area contributed by atoms with Crippen molar-refractivity contribution in [1.82, 2.24) is 5.32 Å². The lowest BCUT2D eigenvalue weighted by Crippen LogP contribution is -2.37. The monoisotopic (exact) mass is 419 g/mol. The predicted octanol–water partition coefficient (Wildman–Crippen LogP) is 2.21. The lowest BCUT2D eigenvalue weighted by molar-refractivity contribution is -0.121. The number of nitrogens with one attached hydrogen (secondary N) is 1. The number of hydrogen-bond donors (Lipinski definition) is 1. The Morgan fingerprint density at radius 1 is 1.31 bits per heavy atom. The van der Waals surface area contributed by atoms with Gasteiger partial charge in [-0.2, -0.15) is 0 Å². The first-order valence-corrected chi connectivity index (χ1v) is 11.2. The number of hydrogen-bond acceptors (Lipinski definition) is 6. The van der Waals surface area contributed by atoms with Crippen molar-refractivity contribution in [3.05, 3.63) is 51.4 Å². The zero-order valence-electron chi connectivity index (χ0n) is 16.8. The Balaban J connectivity index is 1.86. The van der Waals surface area contributed by atoms with Gasteiger partial charge < -0.3 is 14.5 Å². The number of aryl methyl sites for hydroxylation is 2. The predicted molar refractivity (Wildman–Crippen MR) is 111 cm³/mol. The molecule has 3 rings (SSSR count). The fraction of sp³-hybridized carbons (Fsp3) is 0.429. The molecule has 0 spiro atoms. The van der Waals surface area contributed by atoms with Gasteiger partial charge in [-0.25, -0.2) is 13.2 Å². The Labute approximate surface area is 169 Å². The summed E-state index contributed by atoms with van der Waals surface area (Å²) in [6.07, 6.45) is 0.235. The Bertz CT molecular complexity index is 1150. The van der Waals surface area contributed by atoms with E-state index in [1.165, 1.54) is 0 Å². The summed E-state index contributed by atoms with van der Waals surface area (Å²) in [6, 6.07) is 3.20. The van der Waals surface area contributed by atoms with E-state index in [2.05, 4.69) is 11.9 Å². The van der Waals surface area contributed by atoms with Gasteiger partial charge in [0, 0.05) is 17.0 Å². The molecule has 2 heterocycles. The van der Waals surface area contributed by atoms with E-state index < -0.39 is 21.5 Å². The van der Waals surface area contributed by atoms with Crippen LogP contribution in [0.15, 0.2) is 33.5 Å². The topological polar surface area (TPSA) is 103 Å². The van der Waals surface area contributed by atoms with E-state index in [-0.39, 0.29) is 29.4 Å². The van der Waals surface area contributed by atoms with Gasteiger partial charge in [0.25, 0.3) is 0 Å². The Hall–Kier alpha value is -2.61. The quantitative estimate of drug-likeness (QED) is 0.569. The summed E-state index contributed by atoms with van der Waals surface area (Å²) in [5, 5.41) is 3.44. The molecule has 0 radical (unpaired) electrons. The van der Waals surface area contributed by atoms with Crippen LogP contribution in [0.3, 0.4) is 0 Å². The number of rotatable bonds is 6. The van der Waals surface area contributed by atoms with Crippen molar-refractivity contribution in [2.75, 3.05) is 18.1 Å². The summed E-state index contributed by atoms with van der Waals surface area (Å²) in [7, 11) is -3.09. The first kappa shape index (κ1) is 21.1. The van der Waals surface area contributed by atoms with E-state index in [1.54, 1.807) is 19.1 Å². The lowest BCUT2D eigenvalue weighted by atomic mass is 10.0. The largest absolute Gasteiger partial charge is 0.489 e. The van der Waals surface area contributed by atoms with Gasteiger partial charge in [0.05, 0.1) is 23.5 Å². The van der Waals surface area contributed by atoms with Crippen LogP contribution in [-0.2, 0) is 21.1 Å². The smallest absolute Gasteiger partial charge is 0.340 e. The number of carbonyl (C=O) groups excluding carboxylic acids is 1. The van der Waals surface area contributed by atoms with Crippen LogP contribution >= 0.6 is 0 Å². The molecule has 8 heteroatoms. The van der Waals surface area contributed by atoms with Crippen molar-refractivity contribution in [3.8, 4) is 5.75 Å². The fourth-order valence-electron chi connectivity index (χ4n) is 3.48. The number of amides is 1. The standard InChI is InChI=1S/C21H25NO6S/c1-12(2)10-27-18-6-5-16-13(3)17(21(24)28-20(16)14(18)4)9-19(23)22-15-7-8-29(25,26)11-15/h5-6,15H,1,7-11H2,2-4H3,(H,22,23). The van der Waals surface area contributed by atoms with Crippen LogP contribution in [0.1, 0.15) is 30.0 Å². The first-order valence-electron chi connectivity index (χ1n) is 9.40. The summed E-state index contributed by atoms with van der Waals surface area (Å²) in [5.74, 6) is 0.233. The van der Waals surface area contributed by atoms with Crippen LogP contribution in [0, 0.1) is 13.8 Å². The third-order valence-corrected chi connectivity index (χ3v) is 6.83. The number of benzene rings is 1. The van der Waals surface area contributed by atoms with Gasteiger partial charge in [-0.3, -0.25) is 4.79 Å². The molecule has 2 aromatic rings. The maximum atomic E-state index is 12.6. The van der Waals surface area contributed by atoms with Gasteiger partial charge in [-0.05, 0) is 50.5 Å². The molecule has 1 aliphatic heterocycles. The number of ether oxygens (including phenoxy) is 1. The third-order valence-electron chi connectivity index (χ3n) is 5.06. The molecular formula is C21H25NO6S. The lowest BCUT2D eigenvalue weighted by Gasteiger charge is -2.14. The molecule has 7 nitrogen and oxygen atoms in total. The maximum absolute atomic E-state index is 12.6. The molecule has 156 valence electrons. The molecule has 1 aromatic heterocycles. The maximum Gasteiger partial charge on any atom is 0.340 e. The van der Waals surface area contributed by atoms with E-state index >= 15 is 0 Å². The summed E-state index contributed by atoms with van der Waals surface area (Å²) in [6.45, 7) is 9.61. The van der Waals surface area contributed by atoms with Crippen LogP contribution in [0.4, 0.5) is 0 Å². The molecule has 1 N–H and O–H groups in total. The summed E-state index contributed by atoms with van der Waals surface area (Å²) in [4.78, 5) is 24.9. The van der Waals surface area contributed by atoms with Crippen molar-refractivity contribution in [2.24, 2.45) is 0 Å². The van der Waals surface area contributed by atoms with Crippen LogP contribution in [-0.4, -0.2) is 38.5 Å². The molecule has 1 unspecified atom stereocenters. The number of sulfone groups is 1. The first-order chi connectivity index (χ1) is 13.6. The minimum absolute atomic E-state index is 0.0593. The molecule has 0 bridgehead atoms. The molecule has 1 aliphatic rings. The molecule has 0 aliphatic carbocycles. The zero-order valence-corrected chi connectivity index (χ0v) is 17.6. The fourth-order valence-corrected chi connectivity index (χ4v) is 5.15. The van der Waals surface area contributed by atoms with Gasteiger partial charge in [0.15, 0.2) is 9.84 Å². The van der Waals surface area contributed by atoms with Gasteiger partial charge in [0.2, 0.25) is 5.91 Å². The van der Waals surface area contributed by atoms with Crippen LogP contribution in [0.2, 0.25) is 0 Å². The molecule has 1 aromatic carbocycles. The summed E-state index contributed by atoms with van der Waals surface area (Å²) < 4.78 is 34.3. The highest BCUT2D eigenvalue weighted by Crippen LogP contribution is 2.29. The van der Waals surface area contributed by atoms with Gasteiger partial charge >= 0.3 is 5.63 Å². The van der Waals surface area contributed by atoms with Crippen LogP contribution in [0.5, 0.6) is 5.75 Å². The van der Waals surface area contributed by atoms with E-state index in [9.17, 15) is 18.0 Å². The minimum atomic E-state index is -3.09. The molecule has 1 atom stereocenters. The van der Waals surface area contributed by atoms with E-state index in [4.69, 9.17) is 9.15 Å². The number of fused-ring (bicyclic) bond motifs is 1. The number of carbonyl (C=O) groups is 1. The Morgan fingerprint density at radius 2 is 2.03 bits per heavy atom.